The summed E-state index contributed by atoms with van der Waals surface area (Å²) in [5.74, 6) is -3.05. The predicted molar refractivity (Wildman–Crippen MR) is 109 cm³/mol. The number of aromatic hydroxyl groups is 4. The van der Waals surface area contributed by atoms with Crippen molar-refractivity contribution in [2.24, 2.45) is 0 Å². The van der Waals surface area contributed by atoms with E-state index in [2.05, 4.69) is 0 Å². The third-order valence-electron chi connectivity index (χ3n) is 5.24. The first-order chi connectivity index (χ1) is 15.6. The fourth-order valence-electron chi connectivity index (χ4n) is 3.51. The molecule has 176 valence electrons. The smallest absolute Gasteiger partial charge is 0.239 e. The summed E-state index contributed by atoms with van der Waals surface area (Å²) in [5.41, 5.74) is -1.19. The number of fused-ring (bicyclic) bond motifs is 1. The largest absolute Gasteiger partial charge is 0.508 e. The molecule has 2 aromatic carbocycles. The fourth-order valence-corrected chi connectivity index (χ4v) is 3.51. The lowest BCUT2D eigenvalue weighted by Gasteiger charge is -2.39. The zero-order valence-electron chi connectivity index (χ0n) is 16.7. The molecular weight excluding hydrogens is 444 g/mol. The van der Waals surface area contributed by atoms with E-state index in [0.717, 1.165) is 24.3 Å². The van der Waals surface area contributed by atoms with Crippen molar-refractivity contribution >= 4 is 11.0 Å². The lowest BCUT2D eigenvalue weighted by atomic mass is 9.99. The number of ether oxygens (including phenoxy) is 2. The van der Waals surface area contributed by atoms with Gasteiger partial charge in [-0.05, 0) is 18.2 Å². The maximum absolute atomic E-state index is 13.2. The summed E-state index contributed by atoms with van der Waals surface area (Å²) in [5, 5.41) is 78.7. The molecule has 2 unspecified atom stereocenters. The van der Waals surface area contributed by atoms with E-state index in [1.54, 1.807) is 0 Å². The molecule has 0 radical (unpaired) electrons. The molecule has 1 aliphatic rings. The number of phenolic OH excluding ortho intramolecular Hbond substituents is 4. The van der Waals surface area contributed by atoms with Crippen LogP contribution in [0.25, 0.3) is 22.3 Å². The van der Waals surface area contributed by atoms with Gasteiger partial charge < -0.3 is 54.7 Å². The summed E-state index contributed by atoms with van der Waals surface area (Å²) in [6.07, 6.45) is -8.40. The number of aliphatic hydroxyl groups is 4. The number of hydrogen-bond acceptors (Lipinski definition) is 12. The van der Waals surface area contributed by atoms with E-state index < -0.39 is 71.5 Å². The Bertz CT molecular complexity index is 1250. The molecule has 1 fully saturated rings. The zero-order chi connectivity index (χ0) is 24.0. The van der Waals surface area contributed by atoms with Crippen LogP contribution in [0, 0.1) is 0 Å². The van der Waals surface area contributed by atoms with Gasteiger partial charge in [0, 0.05) is 17.7 Å². The minimum absolute atomic E-state index is 0.0201. The van der Waals surface area contributed by atoms with Crippen LogP contribution in [0.2, 0.25) is 0 Å². The van der Waals surface area contributed by atoms with Crippen molar-refractivity contribution in [2.75, 3.05) is 6.61 Å². The maximum Gasteiger partial charge on any atom is 0.239 e. The van der Waals surface area contributed by atoms with Crippen molar-refractivity contribution in [3.8, 4) is 40.1 Å². The highest BCUT2D eigenvalue weighted by Gasteiger charge is 2.45. The highest BCUT2D eigenvalue weighted by atomic mass is 16.7. The van der Waals surface area contributed by atoms with E-state index >= 15 is 0 Å². The third-order valence-corrected chi connectivity index (χ3v) is 5.24. The Morgan fingerprint density at radius 3 is 2.27 bits per heavy atom. The fraction of sp³-hybridized carbons (Fsp3) is 0.286. The second kappa shape index (κ2) is 8.42. The van der Waals surface area contributed by atoms with E-state index in [-0.39, 0.29) is 22.3 Å². The molecule has 33 heavy (non-hydrogen) atoms. The summed E-state index contributed by atoms with van der Waals surface area (Å²) < 4.78 is 16.5. The van der Waals surface area contributed by atoms with E-state index in [9.17, 15) is 45.6 Å². The molecule has 8 N–H and O–H groups in total. The molecule has 0 saturated carbocycles. The van der Waals surface area contributed by atoms with E-state index in [4.69, 9.17) is 13.9 Å². The zero-order valence-corrected chi connectivity index (χ0v) is 16.7. The van der Waals surface area contributed by atoms with Gasteiger partial charge in [0.05, 0.1) is 6.61 Å². The van der Waals surface area contributed by atoms with Crippen LogP contribution in [0.3, 0.4) is 0 Å². The highest BCUT2D eigenvalue weighted by molar-refractivity contribution is 5.88. The van der Waals surface area contributed by atoms with E-state index in [1.165, 1.54) is 6.07 Å². The van der Waals surface area contributed by atoms with Crippen LogP contribution in [-0.4, -0.2) is 78.2 Å². The molecule has 1 aliphatic heterocycles. The number of rotatable bonds is 4. The molecule has 1 saturated heterocycles. The topological polar surface area (TPSA) is 211 Å². The number of hydrogen-bond donors (Lipinski definition) is 8. The maximum atomic E-state index is 13.2. The molecule has 0 spiro atoms. The van der Waals surface area contributed by atoms with Gasteiger partial charge in [-0.2, -0.15) is 0 Å². The first-order valence-corrected chi connectivity index (χ1v) is 9.64. The lowest BCUT2D eigenvalue weighted by molar-refractivity contribution is -0.277. The molecule has 0 bridgehead atoms. The van der Waals surface area contributed by atoms with Crippen molar-refractivity contribution in [3.05, 3.63) is 40.6 Å². The average molecular weight is 464 g/mol. The Kier molecular flexibility index (Phi) is 5.78. The Balaban J connectivity index is 1.91. The monoisotopic (exact) mass is 464 g/mol. The van der Waals surface area contributed by atoms with Crippen LogP contribution in [0.5, 0.6) is 28.7 Å². The molecule has 1 aromatic heterocycles. The Morgan fingerprint density at radius 1 is 0.879 bits per heavy atom. The molecular formula is C21H20O12. The van der Waals surface area contributed by atoms with E-state index in [1.807, 2.05) is 0 Å². The second-order valence-corrected chi connectivity index (χ2v) is 7.45. The Morgan fingerprint density at radius 2 is 1.61 bits per heavy atom. The summed E-state index contributed by atoms with van der Waals surface area (Å²) >= 11 is 0. The molecule has 2 heterocycles. The molecule has 0 aliphatic carbocycles. The molecule has 0 amide bonds. The first-order valence-electron chi connectivity index (χ1n) is 9.64. The van der Waals surface area contributed by atoms with E-state index in [0.29, 0.717) is 0 Å². The number of benzene rings is 2. The third kappa shape index (κ3) is 3.90. The second-order valence-electron chi connectivity index (χ2n) is 7.45. The number of aliphatic hydroxyl groups excluding tert-OH is 4. The lowest BCUT2D eigenvalue weighted by Crippen LogP contribution is -2.60. The Labute approximate surface area is 184 Å². The van der Waals surface area contributed by atoms with Gasteiger partial charge >= 0.3 is 0 Å². The molecule has 3 aromatic rings. The van der Waals surface area contributed by atoms with Crippen molar-refractivity contribution in [2.45, 2.75) is 30.7 Å². The van der Waals surface area contributed by atoms with Crippen LogP contribution in [0.4, 0.5) is 0 Å². The minimum atomic E-state index is -1.85. The van der Waals surface area contributed by atoms with Crippen molar-refractivity contribution < 1.29 is 54.7 Å². The summed E-state index contributed by atoms with van der Waals surface area (Å²) in [6, 6.07) is 5.36. The molecule has 4 rings (SSSR count). The van der Waals surface area contributed by atoms with Gasteiger partial charge in [-0.15, -0.1) is 0 Å². The van der Waals surface area contributed by atoms with Crippen LogP contribution < -0.4 is 10.2 Å². The molecule has 12 nitrogen and oxygen atoms in total. The van der Waals surface area contributed by atoms with Gasteiger partial charge in [0.1, 0.15) is 46.9 Å². The first kappa shape index (κ1) is 22.6. The van der Waals surface area contributed by atoms with Gasteiger partial charge in [0.15, 0.2) is 17.3 Å². The number of phenols is 4. The normalized spacial score (nSPS) is 25.3. The van der Waals surface area contributed by atoms with Gasteiger partial charge in [-0.3, -0.25) is 4.79 Å². The van der Waals surface area contributed by atoms with Crippen molar-refractivity contribution in [1.82, 2.24) is 0 Å². The van der Waals surface area contributed by atoms with Crippen LogP contribution in [0.1, 0.15) is 0 Å². The quantitative estimate of drug-likeness (QED) is 0.229. The highest BCUT2D eigenvalue weighted by Crippen LogP contribution is 2.39. The standard InChI is InChI=1S/C21H20O12/c22-6-13-15(27)17(29)18(30)21(32-13)33-20-16(28)14-11(26)4-8(23)5-12(14)31-19(20)7-1-2-9(24)10(25)3-7/h1-5,13,15,17-18,21-27,29-30H,6H2/t13?,15-,17-,18?,21+/m1/s1. The van der Waals surface area contributed by atoms with Crippen LogP contribution in [0.15, 0.2) is 39.5 Å². The van der Waals surface area contributed by atoms with Crippen LogP contribution >= 0.6 is 0 Å². The minimum Gasteiger partial charge on any atom is -0.508 e. The van der Waals surface area contributed by atoms with Gasteiger partial charge in [0.2, 0.25) is 17.5 Å². The Hall–Kier alpha value is -3.55. The summed E-state index contributed by atoms with van der Waals surface area (Å²) in [4.78, 5) is 13.2. The molecule has 12 heteroatoms. The van der Waals surface area contributed by atoms with Gasteiger partial charge in [0.25, 0.3) is 0 Å². The molecule has 5 atom stereocenters. The van der Waals surface area contributed by atoms with Crippen LogP contribution in [-0.2, 0) is 4.74 Å². The van der Waals surface area contributed by atoms with Crippen molar-refractivity contribution in [3.63, 3.8) is 0 Å². The summed E-state index contributed by atoms with van der Waals surface area (Å²) in [6.45, 7) is -0.740. The van der Waals surface area contributed by atoms with Gasteiger partial charge in [-0.1, -0.05) is 0 Å². The van der Waals surface area contributed by atoms with Gasteiger partial charge in [-0.25, -0.2) is 0 Å². The predicted octanol–water partition coefficient (Wildman–Crippen LogP) is -0.539. The SMILES string of the molecule is O=c1c(O[C@@H]2OC(CO)[C@@H](O)[C@@H](O)C2O)c(-c2ccc(O)c(O)c2)oc2cc(O)cc(O)c12. The summed E-state index contributed by atoms with van der Waals surface area (Å²) in [7, 11) is 0. The van der Waals surface area contributed by atoms with Crippen molar-refractivity contribution in [1.29, 1.82) is 0 Å². The average Bonchev–Trinajstić information content (AvgIpc) is 2.76.